The quantitative estimate of drug-likeness (QED) is 0.807. The van der Waals surface area contributed by atoms with Gasteiger partial charge in [-0.15, -0.1) is 0 Å². The zero-order valence-corrected chi connectivity index (χ0v) is 11.4. The Morgan fingerprint density at radius 3 is 2.83 bits per heavy atom. The molecule has 1 N–H and O–H groups in total. The monoisotopic (exact) mass is 256 g/mol. The number of ether oxygens (including phenoxy) is 1. The van der Waals surface area contributed by atoms with E-state index in [2.05, 4.69) is 22.2 Å². The van der Waals surface area contributed by atoms with Crippen LogP contribution in [0.4, 0.5) is 16.2 Å². The highest BCUT2D eigenvalue weighted by atomic mass is 19.1. The molecule has 0 aliphatic rings. The van der Waals surface area contributed by atoms with Crippen molar-refractivity contribution in [3.63, 3.8) is 0 Å². The van der Waals surface area contributed by atoms with Crippen LogP contribution in [0.1, 0.15) is 20.3 Å². The van der Waals surface area contributed by atoms with E-state index in [4.69, 9.17) is 4.74 Å². The summed E-state index contributed by atoms with van der Waals surface area (Å²) in [5, 5.41) is 2.82. The zero-order valence-electron chi connectivity index (χ0n) is 11.4. The van der Waals surface area contributed by atoms with Gasteiger partial charge in [-0.25, -0.2) is 9.37 Å². The lowest BCUT2D eigenvalue weighted by Crippen LogP contribution is -2.37. The average Bonchev–Trinajstić information content (AvgIpc) is 2.40. The van der Waals surface area contributed by atoms with Gasteiger partial charge in [-0.3, -0.25) is 0 Å². The Labute approximate surface area is 107 Å². The molecular weight excluding hydrogens is 235 g/mol. The molecule has 0 fully saturated rings. The van der Waals surface area contributed by atoms with E-state index in [1.807, 2.05) is 11.8 Å². The standard InChI is InChI=1S/C12H21FN4O/c1-5-9(2)17(6-7-18-4)11-10(13)8-15-12(14-3)16-11/h8-9H,5-7H2,1-4H3,(H,14,15,16). The number of nitrogens with one attached hydrogen (secondary N) is 1. The molecule has 0 saturated heterocycles. The molecule has 0 aromatic carbocycles. The van der Waals surface area contributed by atoms with Crippen molar-refractivity contribution < 1.29 is 9.13 Å². The fourth-order valence-electron chi connectivity index (χ4n) is 1.63. The fourth-order valence-corrected chi connectivity index (χ4v) is 1.63. The van der Waals surface area contributed by atoms with E-state index < -0.39 is 5.82 Å². The van der Waals surface area contributed by atoms with Gasteiger partial charge in [-0.2, -0.15) is 4.98 Å². The molecule has 0 saturated carbocycles. The van der Waals surface area contributed by atoms with Crippen molar-refractivity contribution >= 4 is 11.8 Å². The van der Waals surface area contributed by atoms with Gasteiger partial charge < -0.3 is 15.0 Å². The van der Waals surface area contributed by atoms with Gasteiger partial charge in [-0.1, -0.05) is 6.92 Å². The Bertz CT molecular complexity index is 375. The molecule has 1 heterocycles. The molecule has 5 nitrogen and oxygen atoms in total. The minimum Gasteiger partial charge on any atom is -0.383 e. The molecule has 0 amide bonds. The van der Waals surface area contributed by atoms with Crippen LogP contribution in [0.3, 0.4) is 0 Å². The highest BCUT2D eigenvalue weighted by Gasteiger charge is 2.19. The molecule has 0 bridgehead atoms. The molecule has 0 aliphatic heterocycles. The lowest BCUT2D eigenvalue weighted by Gasteiger charge is -2.29. The van der Waals surface area contributed by atoms with Gasteiger partial charge in [0.25, 0.3) is 0 Å². The Hall–Kier alpha value is -1.43. The summed E-state index contributed by atoms with van der Waals surface area (Å²) in [6, 6.07) is 0.189. The number of aromatic nitrogens is 2. The third-order valence-corrected chi connectivity index (χ3v) is 2.88. The highest BCUT2D eigenvalue weighted by molar-refractivity contribution is 5.44. The summed E-state index contributed by atoms with van der Waals surface area (Å²) in [4.78, 5) is 9.94. The van der Waals surface area contributed by atoms with Crippen molar-refractivity contribution in [3.8, 4) is 0 Å². The van der Waals surface area contributed by atoms with Crippen LogP contribution in [0, 0.1) is 5.82 Å². The first-order valence-corrected chi connectivity index (χ1v) is 6.09. The largest absolute Gasteiger partial charge is 0.383 e. The Kier molecular flexibility index (Phi) is 5.77. The van der Waals surface area contributed by atoms with Gasteiger partial charge in [0, 0.05) is 26.7 Å². The Morgan fingerprint density at radius 2 is 2.28 bits per heavy atom. The maximum atomic E-state index is 13.8. The van der Waals surface area contributed by atoms with Crippen LogP contribution >= 0.6 is 0 Å². The van der Waals surface area contributed by atoms with Crippen LogP contribution in [0.5, 0.6) is 0 Å². The minimum atomic E-state index is -0.412. The van der Waals surface area contributed by atoms with E-state index in [0.29, 0.717) is 24.9 Å². The predicted molar refractivity (Wildman–Crippen MR) is 70.5 cm³/mol. The van der Waals surface area contributed by atoms with Gasteiger partial charge in [0.05, 0.1) is 12.8 Å². The molecule has 1 atom stereocenters. The second-order valence-corrected chi connectivity index (χ2v) is 4.06. The molecule has 102 valence electrons. The number of halogens is 1. The maximum Gasteiger partial charge on any atom is 0.224 e. The van der Waals surface area contributed by atoms with Crippen molar-refractivity contribution in [1.82, 2.24) is 9.97 Å². The minimum absolute atomic E-state index is 0.189. The highest BCUT2D eigenvalue weighted by Crippen LogP contribution is 2.20. The topological polar surface area (TPSA) is 50.3 Å². The van der Waals surface area contributed by atoms with Crippen LogP contribution in [0.2, 0.25) is 0 Å². The number of rotatable bonds is 7. The first kappa shape index (κ1) is 14.6. The van der Waals surface area contributed by atoms with E-state index in [1.54, 1.807) is 14.2 Å². The summed E-state index contributed by atoms with van der Waals surface area (Å²) in [6.07, 6.45) is 2.10. The van der Waals surface area contributed by atoms with Crippen LogP contribution in [-0.2, 0) is 4.74 Å². The number of nitrogens with zero attached hydrogens (tertiary/aromatic N) is 3. The van der Waals surface area contributed by atoms with E-state index in [0.717, 1.165) is 6.42 Å². The third-order valence-electron chi connectivity index (χ3n) is 2.88. The number of methoxy groups -OCH3 is 1. The normalized spacial score (nSPS) is 12.3. The number of hydrogen-bond acceptors (Lipinski definition) is 5. The van der Waals surface area contributed by atoms with Gasteiger partial charge in [0.2, 0.25) is 5.95 Å². The van der Waals surface area contributed by atoms with Gasteiger partial charge in [-0.05, 0) is 13.3 Å². The summed E-state index contributed by atoms with van der Waals surface area (Å²) < 4.78 is 18.9. The first-order valence-electron chi connectivity index (χ1n) is 6.09. The molecule has 18 heavy (non-hydrogen) atoms. The SMILES string of the molecule is CCC(C)N(CCOC)c1nc(NC)ncc1F. The smallest absolute Gasteiger partial charge is 0.224 e. The van der Waals surface area contributed by atoms with Gasteiger partial charge in [0.15, 0.2) is 11.6 Å². The van der Waals surface area contributed by atoms with Gasteiger partial charge in [0.1, 0.15) is 0 Å². The number of anilines is 2. The predicted octanol–water partition coefficient (Wildman–Crippen LogP) is 1.91. The van der Waals surface area contributed by atoms with Crippen molar-refractivity contribution in [1.29, 1.82) is 0 Å². The molecule has 0 spiro atoms. The summed E-state index contributed by atoms with van der Waals surface area (Å²) in [7, 11) is 3.34. The van der Waals surface area contributed by atoms with Crippen LogP contribution in [0.25, 0.3) is 0 Å². The summed E-state index contributed by atoms with van der Waals surface area (Å²) in [6.45, 7) is 5.23. The van der Waals surface area contributed by atoms with Crippen molar-refractivity contribution in [2.75, 3.05) is 37.5 Å². The lowest BCUT2D eigenvalue weighted by atomic mass is 10.2. The van der Waals surface area contributed by atoms with Crippen molar-refractivity contribution in [2.45, 2.75) is 26.3 Å². The average molecular weight is 256 g/mol. The summed E-state index contributed by atoms with van der Waals surface area (Å²) in [5.74, 6) is 0.322. The third kappa shape index (κ3) is 3.53. The molecule has 0 aliphatic carbocycles. The fraction of sp³-hybridized carbons (Fsp3) is 0.667. The van der Waals surface area contributed by atoms with Crippen molar-refractivity contribution in [3.05, 3.63) is 12.0 Å². The molecule has 1 aromatic rings. The molecule has 0 radical (unpaired) electrons. The van der Waals surface area contributed by atoms with Crippen LogP contribution in [0.15, 0.2) is 6.20 Å². The molecule has 1 aromatic heterocycles. The van der Waals surface area contributed by atoms with Gasteiger partial charge >= 0.3 is 0 Å². The Balaban J connectivity index is 3.02. The van der Waals surface area contributed by atoms with Crippen molar-refractivity contribution in [2.24, 2.45) is 0 Å². The van der Waals surface area contributed by atoms with Crippen LogP contribution in [-0.4, -0.2) is 43.3 Å². The summed E-state index contributed by atoms with van der Waals surface area (Å²) in [5.41, 5.74) is 0. The second-order valence-electron chi connectivity index (χ2n) is 4.06. The lowest BCUT2D eigenvalue weighted by molar-refractivity contribution is 0.203. The first-order chi connectivity index (χ1) is 8.63. The Morgan fingerprint density at radius 1 is 1.56 bits per heavy atom. The zero-order chi connectivity index (χ0) is 13.5. The maximum absolute atomic E-state index is 13.8. The van der Waals surface area contributed by atoms with E-state index in [9.17, 15) is 4.39 Å². The molecule has 1 rings (SSSR count). The van der Waals surface area contributed by atoms with E-state index >= 15 is 0 Å². The van der Waals surface area contributed by atoms with Crippen LogP contribution < -0.4 is 10.2 Å². The van der Waals surface area contributed by atoms with E-state index in [1.165, 1.54) is 6.20 Å². The summed E-state index contributed by atoms with van der Waals surface area (Å²) >= 11 is 0. The molecule has 6 heteroatoms. The molecule has 1 unspecified atom stereocenters. The van der Waals surface area contributed by atoms with E-state index in [-0.39, 0.29) is 6.04 Å². The molecular formula is C12H21FN4O. The second kappa shape index (κ2) is 7.10. The number of hydrogen-bond donors (Lipinski definition) is 1.